The van der Waals surface area contributed by atoms with Crippen LogP contribution < -0.4 is 0 Å². The Hall–Kier alpha value is -1.12. The molecule has 1 heterocycles. The molecule has 4 atom stereocenters. The first kappa shape index (κ1) is 17.3. The molecule has 5 rings (SSSR count). The maximum atomic E-state index is 13.1. The van der Waals surface area contributed by atoms with Gasteiger partial charge in [-0.1, -0.05) is 20.8 Å². The SMILES string of the molecule is C[C@@H]1C[C@@]2(CC[C@@H]3C[C@@H]2C3(C)C)OC2=C1C(=O)C(C)(C)C(=O)C2(C)C. The molecule has 4 aliphatic carbocycles. The molecule has 138 valence electrons. The van der Waals surface area contributed by atoms with Gasteiger partial charge in [0.2, 0.25) is 0 Å². The van der Waals surface area contributed by atoms with Crippen LogP contribution in [0.4, 0.5) is 0 Å². The zero-order valence-corrected chi connectivity index (χ0v) is 16.8. The van der Waals surface area contributed by atoms with Gasteiger partial charge in [-0.25, -0.2) is 0 Å². The minimum absolute atomic E-state index is 0.00504. The molecule has 1 spiro atoms. The highest BCUT2D eigenvalue weighted by atomic mass is 16.5. The number of hydrogen-bond acceptors (Lipinski definition) is 3. The van der Waals surface area contributed by atoms with Gasteiger partial charge >= 0.3 is 0 Å². The largest absolute Gasteiger partial charge is 0.490 e. The van der Waals surface area contributed by atoms with Crippen molar-refractivity contribution in [1.82, 2.24) is 0 Å². The highest BCUT2D eigenvalue weighted by Gasteiger charge is 2.66. The van der Waals surface area contributed by atoms with E-state index in [0.29, 0.717) is 17.1 Å². The van der Waals surface area contributed by atoms with Crippen LogP contribution in [0.1, 0.15) is 74.1 Å². The molecule has 0 aromatic rings. The first-order valence-corrected chi connectivity index (χ1v) is 9.89. The zero-order valence-electron chi connectivity index (χ0n) is 16.8. The summed E-state index contributed by atoms with van der Waals surface area (Å²) in [6, 6.07) is 0. The van der Waals surface area contributed by atoms with E-state index in [1.165, 1.54) is 12.8 Å². The van der Waals surface area contributed by atoms with Gasteiger partial charge in [-0.05, 0) is 70.6 Å². The fraction of sp³-hybridized carbons (Fsp3) is 0.818. The second-order valence-electron chi connectivity index (χ2n) is 10.8. The number of ether oxygens (including phenoxy) is 1. The maximum absolute atomic E-state index is 13.1. The zero-order chi connectivity index (χ0) is 18.6. The molecule has 3 heteroatoms. The van der Waals surface area contributed by atoms with E-state index in [1.807, 2.05) is 13.8 Å². The Morgan fingerprint density at radius 2 is 1.64 bits per heavy atom. The van der Waals surface area contributed by atoms with E-state index in [2.05, 4.69) is 20.8 Å². The lowest BCUT2D eigenvalue weighted by Gasteiger charge is -2.66. The Bertz CT molecular complexity index is 707. The van der Waals surface area contributed by atoms with E-state index in [-0.39, 0.29) is 23.1 Å². The number of hydrogen-bond donors (Lipinski definition) is 0. The highest BCUT2D eigenvalue weighted by molar-refractivity contribution is 6.19. The smallest absolute Gasteiger partial charge is 0.175 e. The van der Waals surface area contributed by atoms with Crippen LogP contribution in [-0.2, 0) is 14.3 Å². The first-order valence-electron chi connectivity index (χ1n) is 9.89. The van der Waals surface area contributed by atoms with Gasteiger partial charge in [-0.3, -0.25) is 9.59 Å². The Labute approximate surface area is 151 Å². The monoisotopic (exact) mass is 344 g/mol. The van der Waals surface area contributed by atoms with Crippen LogP contribution in [-0.4, -0.2) is 17.2 Å². The van der Waals surface area contributed by atoms with Crippen molar-refractivity contribution in [3.05, 3.63) is 11.3 Å². The van der Waals surface area contributed by atoms with Crippen LogP contribution in [0.25, 0.3) is 0 Å². The molecule has 0 radical (unpaired) electrons. The Balaban J connectivity index is 1.83. The number of Topliss-reactive ketones (excluding diaryl/α,β-unsaturated/α-hetero) is 2. The lowest BCUT2D eigenvalue weighted by molar-refractivity contribution is -0.229. The Kier molecular flexibility index (Phi) is 3.17. The van der Waals surface area contributed by atoms with Crippen LogP contribution in [0, 0.1) is 34.0 Å². The van der Waals surface area contributed by atoms with Gasteiger partial charge in [-0.2, -0.15) is 0 Å². The van der Waals surface area contributed by atoms with Crippen molar-refractivity contribution in [2.24, 2.45) is 34.0 Å². The third-order valence-corrected chi connectivity index (χ3v) is 8.23. The molecule has 0 aromatic carbocycles. The van der Waals surface area contributed by atoms with Gasteiger partial charge in [0.1, 0.15) is 11.4 Å². The molecule has 0 unspecified atom stereocenters. The molecule has 25 heavy (non-hydrogen) atoms. The van der Waals surface area contributed by atoms with Crippen LogP contribution in [0.2, 0.25) is 0 Å². The average molecular weight is 344 g/mol. The van der Waals surface area contributed by atoms with Crippen LogP contribution in [0.3, 0.4) is 0 Å². The van der Waals surface area contributed by atoms with Crippen molar-refractivity contribution >= 4 is 11.6 Å². The molecular weight excluding hydrogens is 312 g/mol. The summed E-state index contributed by atoms with van der Waals surface area (Å²) >= 11 is 0. The van der Waals surface area contributed by atoms with E-state index >= 15 is 0 Å². The number of allylic oxidation sites excluding steroid dienone is 2. The van der Waals surface area contributed by atoms with Crippen molar-refractivity contribution in [1.29, 1.82) is 0 Å². The van der Waals surface area contributed by atoms with Gasteiger partial charge in [0.25, 0.3) is 0 Å². The van der Waals surface area contributed by atoms with Gasteiger partial charge in [0.05, 0.1) is 10.8 Å². The second kappa shape index (κ2) is 4.58. The average Bonchev–Trinajstić information content (AvgIpc) is 2.51. The van der Waals surface area contributed by atoms with Crippen LogP contribution in [0.15, 0.2) is 11.3 Å². The van der Waals surface area contributed by atoms with Crippen LogP contribution >= 0.6 is 0 Å². The lowest BCUT2D eigenvalue weighted by Crippen LogP contribution is -2.65. The minimum Gasteiger partial charge on any atom is -0.490 e. The summed E-state index contributed by atoms with van der Waals surface area (Å²) in [6.45, 7) is 14.4. The third-order valence-electron chi connectivity index (χ3n) is 8.23. The molecule has 0 saturated heterocycles. The first-order chi connectivity index (χ1) is 11.4. The summed E-state index contributed by atoms with van der Waals surface area (Å²) in [5, 5.41) is 0. The van der Waals surface area contributed by atoms with Crippen molar-refractivity contribution in [2.75, 3.05) is 0 Å². The summed E-state index contributed by atoms with van der Waals surface area (Å²) in [4.78, 5) is 26.2. The summed E-state index contributed by atoms with van der Waals surface area (Å²) < 4.78 is 6.76. The van der Waals surface area contributed by atoms with Crippen molar-refractivity contribution in [3.8, 4) is 0 Å². The van der Waals surface area contributed by atoms with E-state index < -0.39 is 10.8 Å². The summed E-state index contributed by atoms with van der Waals surface area (Å²) in [5.74, 6) is 2.17. The molecule has 0 aromatic heterocycles. The molecule has 0 N–H and O–H groups in total. The molecule has 2 bridgehead atoms. The number of carbonyl (C=O) groups is 2. The fourth-order valence-corrected chi connectivity index (χ4v) is 6.62. The molecule has 5 aliphatic rings. The quantitative estimate of drug-likeness (QED) is 0.598. The maximum Gasteiger partial charge on any atom is 0.175 e. The highest BCUT2D eigenvalue weighted by Crippen LogP contribution is 2.67. The van der Waals surface area contributed by atoms with Crippen molar-refractivity contribution < 1.29 is 14.3 Å². The molecular formula is C22H32O3. The van der Waals surface area contributed by atoms with Gasteiger partial charge in [0, 0.05) is 11.5 Å². The van der Waals surface area contributed by atoms with E-state index in [0.717, 1.165) is 24.3 Å². The second-order valence-corrected chi connectivity index (χ2v) is 10.8. The molecule has 3 nitrogen and oxygen atoms in total. The predicted octanol–water partition coefficient (Wildman–Crippen LogP) is 4.70. The fourth-order valence-electron chi connectivity index (χ4n) is 6.62. The van der Waals surface area contributed by atoms with E-state index in [4.69, 9.17) is 4.74 Å². The summed E-state index contributed by atoms with van der Waals surface area (Å²) in [7, 11) is 0. The summed E-state index contributed by atoms with van der Waals surface area (Å²) in [6.07, 6.45) is 4.41. The van der Waals surface area contributed by atoms with Crippen molar-refractivity contribution in [3.63, 3.8) is 0 Å². The molecule has 3 saturated carbocycles. The Morgan fingerprint density at radius 3 is 2.20 bits per heavy atom. The van der Waals surface area contributed by atoms with Gasteiger partial charge in [0.15, 0.2) is 11.6 Å². The standard InChI is InChI=1S/C22H32O3/c1-12-11-22(9-8-13-10-14(22)19(13,2)3)25-17-15(12)16(23)20(4,5)18(24)21(17,6)7/h12-14H,8-11H2,1-7H3/t12-,13-,14-,22-/m1/s1. The number of carbonyl (C=O) groups excluding carboxylic acids is 2. The van der Waals surface area contributed by atoms with E-state index in [1.54, 1.807) is 13.8 Å². The van der Waals surface area contributed by atoms with Crippen molar-refractivity contribution in [2.45, 2.75) is 79.8 Å². The van der Waals surface area contributed by atoms with Gasteiger partial charge < -0.3 is 4.74 Å². The van der Waals surface area contributed by atoms with E-state index in [9.17, 15) is 9.59 Å². The minimum atomic E-state index is -0.947. The topological polar surface area (TPSA) is 43.4 Å². The molecule has 3 fully saturated rings. The lowest BCUT2D eigenvalue weighted by atomic mass is 9.42. The van der Waals surface area contributed by atoms with Crippen LogP contribution in [0.5, 0.6) is 0 Å². The number of fused-ring (bicyclic) bond motifs is 1. The predicted molar refractivity (Wildman–Crippen MR) is 96.8 cm³/mol. The molecule has 1 aliphatic heterocycles. The number of ketones is 2. The molecule has 0 amide bonds. The Morgan fingerprint density at radius 1 is 1.00 bits per heavy atom. The summed E-state index contributed by atoms with van der Waals surface area (Å²) in [5.41, 5.74) is -0.755. The van der Waals surface area contributed by atoms with Gasteiger partial charge in [-0.15, -0.1) is 0 Å². The number of rotatable bonds is 0. The normalized spacial score (nSPS) is 43.4. The third kappa shape index (κ3) is 1.88.